The molecule has 31 heavy (non-hydrogen) atoms. The average Bonchev–Trinajstić information content (AvgIpc) is 3.43. The van der Waals surface area contributed by atoms with Gasteiger partial charge in [-0.25, -0.2) is 4.79 Å². The molecule has 2 aromatic heterocycles. The fraction of sp³-hybridized carbons (Fsp3) is 0.300. The van der Waals surface area contributed by atoms with Crippen molar-refractivity contribution in [3.63, 3.8) is 0 Å². The number of ether oxygens (including phenoxy) is 3. The van der Waals surface area contributed by atoms with Gasteiger partial charge in [0, 0.05) is 12.1 Å². The molecule has 0 saturated heterocycles. The second-order valence-electron chi connectivity index (χ2n) is 6.11. The quantitative estimate of drug-likeness (QED) is 0.380. The minimum Gasteiger partial charge on any atom is -0.493 e. The smallest absolute Gasteiger partial charge is 0.340 e. The van der Waals surface area contributed by atoms with E-state index in [-0.39, 0.29) is 11.7 Å². The summed E-state index contributed by atoms with van der Waals surface area (Å²) in [5, 5.41) is 14.1. The molecule has 0 radical (unpaired) electrons. The highest BCUT2D eigenvalue weighted by Crippen LogP contribution is 2.33. The highest BCUT2D eigenvalue weighted by molar-refractivity contribution is 7.99. The van der Waals surface area contributed by atoms with Gasteiger partial charge in [0.1, 0.15) is 5.00 Å². The van der Waals surface area contributed by atoms with Crippen LogP contribution in [-0.4, -0.2) is 53.7 Å². The summed E-state index contributed by atoms with van der Waals surface area (Å²) in [5.41, 5.74) is 1.16. The molecule has 3 rings (SSSR count). The van der Waals surface area contributed by atoms with Gasteiger partial charge in [-0.3, -0.25) is 4.79 Å². The number of rotatable bonds is 9. The van der Waals surface area contributed by atoms with Crippen molar-refractivity contribution >= 4 is 40.0 Å². The van der Waals surface area contributed by atoms with Crippen LogP contribution in [0.3, 0.4) is 0 Å². The summed E-state index contributed by atoms with van der Waals surface area (Å²) in [4.78, 5) is 24.2. The van der Waals surface area contributed by atoms with Crippen LogP contribution >= 0.6 is 23.1 Å². The molecule has 0 aliphatic carbocycles. The van der Waals surface area contributed by atoms with E-state index in [1.807, 2.05) is 29.7 Å². The molecule has 0 saturated carbocycles. The minimum atomic E-state index is -0.491. The highest BCUT2D eigenvalue weighted by atomic mass is 32.2. The fourth-order valence-electron chi connectivity index (χ4n) is 2.84. The van der Waals surface area contributed by atoms with Gasteiger partial charge in [-0.05, 0) is 36.6 Å². The van der Waals surface area contributed by atoms with Gasteiger partial charge in [-0.1, -0.05) is 11.8 Å². The summed E-state index contributed by atoms with van der Waals surface area (Å²) in [6.45, 7) is 2.60. The first-order chi connectivity index (χ1) is 15.0. The van der Waals surface area contributed by atoms with E-state index in [1.165, 1.54) is 30.2 Å². The number of thioether (sulfide) groups is 1. The molecule has 0 fully saturated rings. The van der Waals surface area contributed by atoms with E-state index in [1.54, 1.807) is 25.7 Å². The van der Waals surface area contributed by atoms with Gasteiger partial charge in [0.2, 0.25) is 5.91 Å². The van der Waals surface area contributed by atoms with Crippen molar-refractivity contribution in [2.75, 3.05) is 32.4 Å². The maximum atomic E-state index is 12.4. The van der Waals surface area contributed by atoms with Gasteiger partial charge < -0.3 is 24.1 Å². The van der Waals surface area contributed by atoms with Crippen molar-refractivity contribution in [3.05, 3.63) is 35.2 Å². The molecule has 1 amide bonds. The molecule has 1 aromatic carbocycles. The predicted molar refractivity (Wildman–Crippen MR) is 119 cm³/mol. The maximum absolute atomic E-state index is 12.4. The third-order valence-electron chi connectivity index (χ3n) is 4.33. The predicted octanol–water partition coefficient (Wildman–Crippen LogP) is 3.56. The number of thiophene rings is 1. The molecular formula is C20H22N4O5S2. The average molecular weight is 463 g/mol. The zero-order valence-electron chi connectivity index (χ0n) is 17.5. The maximum Gasteiger partial charge on any atom is 0.340 e. The van der Waals surface area contributed by atoms with E-state index in [0.29, 0.717) is 39.6 Å². The normalized spacial score (nSPS) is 10.6. The zero-order chi connectivity index (χ0) is 22.4. The first-order valence-corrected chi connectivity index (χ1v) is 11.1. The van der Waals surface area contributed by atoms with Gasteiger partial charge in [-0.15, -0.1) is 21.5 Å². The lowest BCUT2D eigenvalue weighted by atomic mass is 10.2. The van der Waals surface area contributed by atoms with Crippen molar-refractivity contribution in [1.82, 2.24) is 14.8 Å². The van der Waals surface area contributed by atoms with E-state index in [4.69, 9.17) is 14.2 Å². The first-order valence-electron chi connectivity index (χ1n) is 9.26. The molecule has 2 heterocycles. The van der Waals surface area contributed by atoms with E-state index in [9.17, 15) is 9.59 Å². The summed E-state index contributed by atoms with van der Waals surface area (Å²) >= 11 is 2.53. The van der Waals surface area contributed by atoms with E-state index >= 15 is 0 Å². The first kappa shape index (κ1) is 22.6. The molecule has 0 bridgehead atoms. The monoisotopic (exact) mass is 462 g/mol. The topological polar surface area (TPSA) is 105 Å². The van der Waals surface area contributed by atoms with Crippen LogP contribution in [0.25, 0.3) is 11.4 Å². The van der Waals surface area contributed by atoms with Crippen molar-refractivity contribution in [2.24, 2.45) is 0 Å². The van der Waals surface area contributed by atoms with Crippen molar-refractivity contribution in [2.45, 2.75) is 18.6 Å². The molecule has 11 heteroatoms. The van der Waals surface area contributed by atoms with E-state index < -0.39 is 5.97 Å². The Morgan fingerprint density at radius 3 is 2.58 bits per heavy atom. The van der Waals surface area contributed by atoms with Crippen LogP contribution in [0, 0.1) is 0 Å². The Morgan fingerprint density at radius 1 is 1.13 bits per heavy atom. The number of carbonyl (C=O) groups excluding carboxylic acids is 2. The Morgan fingerprint density at radius 2 is 1.90 bits per heavy atom. The molecule has 0 atom stereocenters. The number of nitrogens with zero attached hydrogens (tertiary/aromatic N) is 3. The lowest BCUT2D eigenvalue weighted by Crippen LogP contribution is -2.16. The van der Waals surface area contributed by atoms with Crippen LogP contribution < -0.4 is 14.8 Å². The Kier molecular flexibility index (Phi) is 7.53. The fourth-order valence-corrected chi connectivity index (χ4v) is 4.43. The summed E-state index contributed by atoms with van der Waals surface area (Å²) in [6.07, 6.45) is 0. The number of carbonyl (C=O) groups is 2. The molecule has 164 valence electrons. The summed E-state index contributed by atoms with van der Waals surface area (Å²) in [7, 11) is 4.45. The molecule has 9 nitrogen and oxygen atoms in total. The SMILES string of the molecule is CCn1c(SCC(=O)Nc2sccc2C(=O)OC)nnc1-c1ccc(OC)c(OC)c1. The second-order valence-corrected chi connectivity index (χ2v) is 7.97. The zero-order valence-corrected chi connectivity index (χ0v) is 19.1. The third kappa shape index (κ3) is 5.00. The Labute approximate surface area is 187 Å². The van der Waals surface area contributed by atoms with Gasteiger partial charge in [0.05, 0.1) is 32.6 Å². The van der Waals surface area contributed by atoms with E-state index in [2.05, 4.69) is 15.5 Å². The molecule has 0 aliphatic rings. The molecule has 0 spiro atoms. The Balaban J connectivity index is 1.72. The van der Waals surface area contributed by atoms with Crippen LogP contribution in [0.5, 0.6) is 11.5 Å². The van der Waals surface area contributed by atoms with Crippen molar-refractivity contribution in [1.29, 1.82) is 0 Å². The number of methoxy groups -OCH3 is 3. The van der Waals surface area contributed by atoms with E-state index in [0.717, 1.165) is 5.56 Å². The van der Waals surface area contributed by atoms with Crippen molar-refractivity contribution < 1.29 is 23.8 Å². The van der Waals surface area contributed by atoms with Gasteiger partial charge in [0.25, 0.3) is 0 Å². The summed E-state index contributed by atoms with van der Waals surface area (Å²) in [6, 6.07) is 7.14. The van der Waals surface area contributed by atoms with Crippen LogP contribution in [0.1, 0.15) is 17.3 Å². The van der Waals surface area contributed by atoms with Gasteiger partial charge >= 0.3 is 5.97 Å². The minimum absolute atomic E-state index is 0.114. The lowest BCUT2D eigenvalue weighted by molar-refractivity contribution is -0.113. The number of anilines is 1. The van der Waals surface area contributed by atoms with Crippen LogP contribution in [0.4, 0.5) is 5.00 Å². The molecule has 3 aromatic rings. The molecule has 0 unspecified atom stereocenters. The van der Waals surface area contributed by atoms with Crippen molar-refractivity contribution in [3.8, 4) is 22.9 Å². The number of nitrogens with one attached hydrogen (secondary N) is 1. The van der Waals surface area contributed by atoms with Gasteiger partial charge in [0.15, 0.2) is 22.5 Å². The summed E-state index contributed by atoms with van der Waals surface area (Å²) < 4.78 is 17.3. The number of hydrogen-bond acceptors (Lipinski definition) is 9. The summed E-state index contributed by atoms with van der Waals surface area (Å²) in [5.74, 6) is 1.25. The molecule has 1 N–H and O–H groups in total. The van der Waals surface area contributed by atoms with Crippen LogP contribution in [0.2, 0.25) is 0 Å². The second kappa shape index (κ2) is 10.3. The third-order valence-corrected chi connectivity index (χ3v) is 6.13. The number of esters is 1. The molecule has 0 aliphatic heterocycles. The molecular weight excluding hydrogens is 440 g/mol. The Hall–Kier alpha value is -3.05. The number of aromatic nitrogens is 3. The number of benzene rings is 1. The van der Waals surface area contributed by atoms with Gasteiger partial charge in [-0.2, -0.15) is 0 Å². The lowest BCUT2D eigenvalue weighted by Gasteiger charge is -2.11. The number of hydrogen-bond donors (Lipinski definition) is 1. The van der Waals surface area contributed by atoms with Crippen LogP contribution in [0.15, 0.2) is 34.8 Å². The number of amides is 1. The largest absolute Gasteiger partial charge is 0.493 e. The Bertz CT molecular complexity index is 1080. The standard InChI is InChI=1S/C20H22N4O5S2/c1-5-24-17(12-6-7-14(27-2)15(10-12)28-3)22-23-20(24)31-11-16(25)21-18-13(8-9-30-18)19(26)29-4/h6-10H,5,11H2,1-4H3,(H,21,25). The van der Waals surface area contributed by atoms with Crippen LogP contribution in [-0.2, 0) is 16.1 Å². The highest BCUT2D eigenvalue weighted by Gasteiger charge is 2.18.